The number of hydrogen-bond donors (Lipinski definition) is 1. The summed E-state index contributed by atoms with van der Waals surface area (Å²) in [6.07, 6.45) is 1.49. The molecular formula is C15H19N3O. The van der Waals surface area contributed by atoms with E-state index in [0.717, 1.165) is 34.9 Å². The van der Waals surface area contributed by atoms with Crippen LogP contribution in [0.3, 0.4) is 0 Å². The van der Waals surface area contributed by atoms with Crippen molar-refractivity contribution >= 4 is 0 Å². The van der Waals surface area contributed by atoms with E-state index >= 15 is 0 Å². The first-order chi connectivity index (χ1) is 9.21. The summed E-state index contributed by atoms with van der Waals surface area (Å²) in [5.74, 6) is 1.68. The molecule has 100 valence electrons. The van der Waals surface area contributed by atoms with E-state index in [9.17, 15) is 0 Å². The number of methoxy groups -OCH3 is 1. The molecule has 0 bridgehead atoms. The van der Waals surface area contributed by atoms with Crippen LogP contribution in [-0.4, -0.2) is 23.6 Å². The second kappa shape index (κ2) is 6.29. The zero-order valence-electron chi connectivity index (χ0n) is 11.4. The second-order valence-corrected chi connectivity index (χ2v) is 4.48. The normalized spacial score (nSPS) is 10.5. The highest BCUT2D eigenvalue weighted by molar-refractivity contribution is 5.30. The molecule has 0 amide bonds. The molecule has 0 fully saturated rings. The van der Waals surface area contributed by atoms with Gasteiger partial charge < -0.3 is 10.5 Å². The van der Waals surface area contributed by atoms with Gasteiger partial charge in [-0.2, -0.15) is 0 Å². The number of aryl methyl sites for hydroxylation is 1. The lowest BCUT2D eigenvalue weighted by atomic mass is 10.1. The fourth-order valence-corrected chi connectivity index (χ4v) is 2.02. The molecule has 4 heteroatoms. The van der Waals surface area contributed by atoms with Crippen LogP contribution in [0, 0.1) is 6.92 Å². The molecule has 0 aliphatic rings. The minimum Gasteiger partial charge on any atom is -0.497 e. The van der Waals surface area contributed by atoms with E-state index in [-0.39, 0.29) is 0 Å². The molecule has 2 rings (SSSR count). The molecule has 4 nitrogen and oxygen atoms in total. The van der Waals surface area contributed by atoms with Crippen molar-refractivity contribution in [1.29, 1.82) is 0 Å². The van der Waals surface area contributed by atoms with Crippen molar-refractivity contribution in [1.82, 2.24) is 9.97 Å². The van der Waals surface area contributed by atoms with Crippen LogP contribution in [0.2, 0.25) is 0 Å². The number of aromatic nitrogens is 2. The molecule has 0 saturated carbocycles. The maximum Gasteiger partial charge on any atom is 0.133 e. The van der Waals surface area contributed by atoms with Crippen LogP contribution in [0.15, 0.2) is 30.3 Å². The van der Waals surface area contributed by atoms with Gasteiger partial charge in [0, 0.05) is 24.2 Å². The highest BCUT2D eigenvalue weighted by Gasteiger charge is 2.04. The highest BCUT2D eigenvalue weighted by atomic mass is 16.5. The van der Waals surface area contributed by atoms with E-state index in [0.29, 0.717) is 13.0 Å². The van der Waals surface area contributed by atoms with E-state index in [1.54, 1.807) is 7.11 Å². The van der Waals surface area contributed by atoms with Crippen molar-refractivity contribution in [2.75, 3.05) is 13.7 Å². The van der Waals surface area contributed by atoms with Gasteiger partial charge in [0.2, 0.25) is 0 Å². The molecule has 0 aliphatic heterocycles. The Balaban J connectivity index is 2.22. The predicted molar refractivity (Wildman–Crippen MR) is 75.3 cm³/mol. The third-order valence-corrected chi connectivity index (χ3v) is 2.85. The van der Waals surface area contributed by atoms with Gasteiger partial charge in [-0.05, 0) is 37.2 Å². The van der Waals surface area contributed by atoms with Gasteiger partial charge in [0.15, 0.2) is 0 Å². The van der Waals surface area contributed by atoms with E-state index in [4.69, 9.17) is 10.5 Å². The fourth-order valence-electron chi connectivity index (χ4n) is 2.02. The zero-order chi connectivity index (χ0) is 13.7. The first-order valence-corrected chi connectivity index (χ1v) is 6.37. The Bertz CT molecular complexity index is 555. The van der Waals surface area contributed by atoms with Gasteiger partial charge in [-0.25, -0.2) is 9.97 Å². The summed E-state index contributed by atoms with van der Waals surface area (Å²) >= 11 is 0. The standard InChI is InChI=1S/C15H19N3O/c1-11-8-13(6-7-16)18-15(17-11)10-12-4-3-5-14(9-12)19-2/h3-5,8-9H,6-7,10,16H2,1-2H3. The van der Waals surface area contributed by atoms with Crippen LogP contribution >= 0.6 is 0 Å². The maximum atomic E-state index is 5.57. The average molecular weight is 257 g/mol. The number of ether oxygens (including phenoxy) is 1. The largest absolute Gasteiger partial charge is 0.497 e. The van der Waals surface area contributed by atoms with Crippen molar-refractivity contribution in [3.05, 3.63) is 53.1 Å². The minimum absolute atomic E-state index is 0.606. The number of hydrogen-bond acceptors (Lipinski definition) is 4. The molecule has 2 aromatic rings. The average Bonchev–Trinajstić information content (AvgIpc) is 2.38. The van der Waals surface area contributed by atoms with Gasteiger partial charge in [-0.3, -0.25) is 0 Å². The van der Waals surface area contributed by atoms with Gasteiger partial charge >= 0.3 is 0 Å². The summed E-state index contributed by atoms with van der Waals surface area (Å²) in [6.45, 7) is 2.59. The smallest absolute Gasteiger partial charge is 0.133 e. The van der Waals surface area contributed by atoms with Crippen LogP contribution in [0.1, 0.15) is 22.8 Å². The van der Waals surface area contributed by atoms with Crippen molar-refractivity contribution in [3.63, 3.8) is 0 Å². The maximum absolute atomic E-state index is 5.57. The first-order valence-electron chi connectivity index (χ1n) is 6.37. The lowest BCUT2D eigenvalue weighted by molar-refractivity contribution is 0.414. The molecule has 1 aromatic carbocycles. The van der Waals surface area contributed by atoms with E-state index < -0.39 is 0 Å². The van der Waals surface area contributed by atoms with Crippen molar-refractivity contribution in [2.45, 2.75) is 19.8 Å². The van der Waals surface area contributed by atoms with E-state index in [1.165, 1.54) is 0 Å². The van der Waals surface area contributed by atoms with Crippen molar-refractivity contribution in [2.24, 2.45) is 5.73 Å². The van der Waals surface area contributed by atoms with Crippen LogP contribution in [0.4, 0.5) is 0 Å². The Hall–Kier alpha value is -1.94. The molecule has 0 spiro atoms. The Labute approximate surface area is 113 Å². The molecule has 0 radical (unpaired) electrons. The van der Waals surface area contributed by atoms with E-state index in [2.05, 4.69) is 16.0 Å². The lowest BCUT2D eigenvalue weighted by Gasteiger charge is -2.06. The third-order valence-electron chi connectivity index (χ3n) is 2.85. The molecule has 0 saturated heterocycles. The summed E-state index contributed by atoms with van der Waals surface area (Å²) in [7, 11) is 1.67. The first kappa shape index (κ1) is 13.5. The van der Waals surface area contributed by atoms with Crippen LogP contribution in [-0.2, 0) is 12.8 Å². The second-order valence-electron chi connectivity index (χ2n) is 4.48. The van der Waals surface area contributed by atoms with Gasteiger partial charge in [0.25, 0.3) is 0 Å². The molecule has 2 N–H and O–H groups in total. The number of nitrogens with zero attached hydrogens (tertiary/aromatic N) is 2. The third kappa shape index (κ3) is 3.76. The summed E-state index contributed by atoms with van der Waals surface area (Å²) in [5.41, 5.74) is 8.71. The summed E-state index contributed by atoms with van der Waals surface area (Å²) in [4.78, 5) is 9.02. The van der Waals surface area contributed by atoms with Gasteiger partial charge in [0.1, 0.15) is 11.6 Å². The number of nitrogens with two attached hydrogens (primary N) is 1. The molecular weight excluding hydrogens is 238 g/mol. The lowest BCUT2D eigenvalue weighted by Crippen LogP contribution is -2.08. The molecule has 0 aliphatic carbocycles. The fraction of sp³-hybridized carbons (Fsp3) is 0.333. The predicted octanol–water partition coefficient (Wildman–Crippen LogP) is 1.89. The van der Waals surface area contributed by atoms with E-state index in [1.807, 2.05) is 31.2 Å². The van der Waals surface area contributed by atoms with Gasteiger partial charge in [0.05, 0.1) is 7.11 Å². The molecule has 1 aromatic heterocycles. The quantitative estimate of drug-likeness (QED) is 0.888. The van der Waals surface area contributed by atoms with Crippen molar-refractivity contribution < 1.29 is 4.74 Å². The minimum atomic E-state index is 0.606. The summed E-state index contributed by atoms with van der Waals surface area (Å²) in [5, 5.41) is 0. The molecule has 1 heterocycles. The monoisotopic (exact) mass is 257 g/mol. The SMILES string of the molecule is COc1cccc(Cc2nc(C)cc(CCN)n2)c1. The Morgan fingerprint density at radius 1 is 1.21 bits per heavy atom. The van der Waals surface area contributed by atoms with Gasteiger partial charge in [-0.15, -0.1) is 0 Å². The molecule has 0 unspecified atom stereocenters. The Morgan fingerprint density at radius 3 is 2.79 bits per heavy atom. The highest BCUT2D eigenvalue weighted by Crippen LogP contribution is 2.15. The number of rotatable bonds is 5. The summed E-state index contributed by atoms with van der Waals surface area (Å²) in [6, 6.07) is 9.96. The van der Waals surface area contributed by atoms with Crippen LogP contribution < -0.4 is 10.5 Å². The van der Waals surface area contributed by atoms with Crippen molar-refractivity contribution in [3.8, 4) is 5.75 Å². The Morgan fingerprint density at radius 2 is 2.05 bits per heavy atom. The molecule has 0 atom stereocenters. The summed E-state index contributed by atoms with van der Waals surface area (Å²) < 4.78 is 5.22. The molecule has 19 heavy (non-hydrogen) atoms. The van der Waals surface area contributed by atoms with Gasteiger partial charge in [-0.1, -0.05) is 12.1 Å². The topological polar surface area (TPSA) is 61.0 Å². The van der Waals surface area contributed by atoms with Crippen LogP contribution in [0.25, 0.3) is 0 Å². The Kier molecular flexibility index (Phi) is 4.47. The van der Waals surface area contributed by atoms with Crippen LogP contribution in [0.5, 0.6) is 5.75 Å². The number of benzene rings is 1. The zero-order valence-corrected chi connectivity index (χ0v) is 11.4.